The van der Waals surface area contributed by atoms with Crippen molar-refractivity contribution in [3.63, 3.8) is 0 Å². The van der Waals surface area contributed by atoms with Crippen LogP contribution >= 0.6 is 11.6 Å². The number of nitrogens with one attached hydrogen (secondary N) is 1. The lowest BCUT2D eigenvalue weighted by Gasteiger charge is -2.36. The summed E-state index contributed by atoms with van der Waals surface area (Å²) in [6.07, 6.45) is 3.86. The van der Waals surface area contributed by atoms with E-state index in [9.17, 15) is 5.11 Å². The summed E-state index contributed by atoms with van der Waals surface area (Å²) in [5, 5.41) is 23.3. The molecule has 2 atom stereocenters. The Balaban J connectivity index is 2.07. The summed E-state index contributed by atoms with van der Waals surface area (Å²) < 4.78 is 0. The van der Waals surface area contributed by atoms with Crippen molar-refractivity contribution < 1.29 is 5.11 Å². The van der Waals surface area contributed by atoms with Crippen LogP contribution in [0.2, 0.25) is 5.02 Å². The summed E-state index contributed by atoms with van der Waals surface area (Å²) >= 11 is 5.98. The molecule has 1 fully saturated rings. The molecule has 102 valence electrons. The largest absolute Gasteiger partial charge is 0.388 e. The van der Waals surface area contributed by atoms with Gasteiger partial charge in [0.05, 0.1) is 21.9 Å². The van der Waals surface area contributed by atoms with Crippen molar-refractivity contribution in [1.82, 2.24) is 0 Å². The second-order valence-corrected chi connectivity index (χ2v) is 5.96. The zero-order valence-corrected chi connectivity index (χ0v) is 11.9. The minimum absolute atomic E-state index is 0.441. The lowest BCUT2D eigenvalue weighted by Crippen LogP contribution is -2.41. The summed E-state index contributed by atoms with van der Waals surface area (Å²) in [7, 11) is 0. The van der Waals surface area contributed by atoms with Crippen LogP contribution in [0.5, 0.6) is 0 Å². The van der Waals surface area contributed by atoms with Gasteiger partial charge in [-0.2, -0.15) is 5.26 Å². The van der Waals surface area contributed by atoms with Crippen LogP contribution in [-0.2, 0) is 0 Å². The Hall–Kier alpha value is -1.24. The average molecular weight is 279 g/mol. The quantitative estimate of drug-likeness (QED) is 0.889. The first kappa shape index (κ1) is 14.2. The van der Waals surface area contributed by atoms with Crippen molar-refractivity contribution in [2.45, 2.75) is 38.2 Å². The van der Waals surface area contributed by atoms with Gasteiger partial charge >= 0.3 is 0 Å². The predicted octanol–water partition coefficient (Wildman–Crippen LogP) is 3.56. The van der Waals surface area contributed by atoms with Gasteiger partial charge in [0, 0.05) is 6.54 Å². The molecule has 0 aromatic heterocycles. The van der Waals surface area contributed by atoms with Gasteiger partial charge in [0.15, 0.2) is 0 Å². The molecule has 0 amide bonds. The van der Waals surface area contributed by atoms with Gasteiger partial charge in [-0.05, 0) is 30.9 Å². The molecular formula is C15H19ClN2O. The first-order chi connectivity index (χ1) is 9.04. The number of rotatable bonds is 3. The normalized spacial score (nSPS) is 26.7. The van der Waals surface area contributed by atoms with Crippen LogP contribution in [0.3, 0.4) is 0 Å². The molecule has 3 nitrogen and oxygen atoms in total. The Bertz CT molecular complexity index is 497. The van der Waals surface area contributed by atoms with Crippen molar-refractivity contribution in [3.05, 3.63) is 28.8 Å². The molecule has 1 aromatic carbocycles. The average Bonchev–Trinajstić information content (AvgIpc) is 2.36. The zero-order valence-electron chi connectivity index (χ0n) is 11.1. The first-order valence-corrected chi connectivity index (χ1v) is 7.07. The Labute approximate surface area is 119 Å². The fourth-order valence-corrected chi connectivity index (χ4v) is 3.05. The van der Waals surface area contributed by atoms with Gasteiger partial charge < -0.3 is 10.4 Å². The van der Waals surface area contributed by atoms with E-state index in [2.05, 4.69) is 18.3 Å². The summed E-state index contributed by atoms with van der Waals surface area (Å²) in [6.45, 7) is 2.64. The summed E-state index contributed by atoms with van der Waals surface area (Å²) in [5.74, 6) is 0.551. The molecule has 2 unspecified atom stereocenters. The van der Waals surface area contributed by atoms with Gasteiger partial charge in [-0.25, -0.2) is 0 Å². The smallest absolute Gasteiger partial charge is 0.103 e. The van der Waals surface area contributed by atoms with Crippen LogP contribution in [-0.4, -0.2) is 17.3 Å². The van der Waals surface area contributed by atoms with E-state index in [1.165, 1.54) is 6.42 Å². The van der Waals surface area contributed by atoms with Crippen LogP contribution in [0.1, 0.15) is 38.2 Å². The Kier molecular flexibility index (Phi) is 4.34. The highest BCUT2D eigenvalue weighted by Gasteiger charge is 2.32. The molecule has 2 N–H and O–H groups in total. The highest BCUT2D eigenvalue weighted by atomic mass is 35.5. The number of anilines is 1. The minimum Gasteiger partial charge on any atom is -0.388 e. The number of nitriles is 1. The molecule has 0 spiro atoms. The van der Waals surface area contributed by atoms with Gasteiger partial charge in [-0.1, -0.05) is 37.4 Å². The van der Waals surface area contributed by atoms with E-state index in [1.54, 1.807) is 12.1 Å². The van der Waals surface area contributed by atoms with Crippen LogP contribution in [0.15, 0.2) is 18.2 Å². The third kappa shape index (κ3) is 3.40. The molecule has 1 saturated carbocycles. The van der Waals surface area contributed by atoms with Gasteiger partial charge in [0.1, 0.15) is 6.07 Å². The van der Waals surface area contributed by atoms with Gasteiger partial charge in [-0.15, -0.1) is 0 Å². The topological polar surface area (TPSA) is 56.0 Å². The van der Waals surface area contributed by atoms with Crippen molar-refractivity contribution >= 4 is 17.3 Å². The monoisotopic (exact) mass is 278 g/mol. The van der Waals surface area contributed by atoms with Crippen LogP contribution in [0.25, 0.3) is 0 Å². The molecule has 1 aliphatic carbocycles. The number of nitrogens with zero attached hydrogens (tertiary/aromatic N) is 1. The molecule has 0 radical (unpaired) electrons. The lowest BCUT2D eigenvalue weighted by atomic mass is 9.79. The lowest BCUT2D eigenvalue weighted by molar-refractivity contribution is -0.000763. The molecule has 0 saturated heterocycles. The fourth-order valence-electron chi connectivity index (χ4n) is 2.84. The third-order valence-electron chi connectivity index (χ3n) is 3.80. The summed E-state index contributed by atoms with van der Waals surface area (Å²) in [5.41, 5.74) is 0.463. The van der Waals surface area contributed by atoms with Crippen molar-refractivity contribution in [1.29, 1.82) is 5.26 Å². The van der Waals surface area contributed by atoms with Crippen LogP contribution in [0, 0.1) is 17.2 Å². The van der Waals surface area contributed by atoms with E-state index in [-0.39, 0.29) is 0 Å². The van der Waals surface area contributed by atoms with E-state index >= 15 is 0 Å². The third-order valence-corrected chi connectivity index (χ3v) is 4.12. The zero-order chi connectivity index (χ0) is 13.9. The number of hydrogen-bond acceptors (Lipinski definition) is 3. The van der Waals surface area contributed by atoms with Gasteiger partial charge in [0.25, 0.3) is 0 Å². The van der Waals surface area contributed by atoms with E-state index in [0.29, 0.717) is 28.7 Å². The standard InChI is InChI=1S/C15H19ClN2O/c1-11-4-3-7-15(19,8-11)10-18-14-6-2-5-13(16)12(14)9-17/h2,5-6,11,18-19H,3-4,7-8,10H2,1H3. The number of hydrogen-bond donors (Lipinski definition) is 2. The number of benzene rings is 1. The van der Waals surface area contributed by atoms with Crippen LogP contribution in [0.4, 0.5) is 5.69 Å². The van der Waals surface area contributed by atoms with Crippen molar-refractivity contribution in [2.24, 2.45) is 5.92 Å². The maximum atomic E-state index is 10.6. The van der Waals surface area contributed by atoms with E-state index in [4.69, 9.17) is 16.9 Å². The number of aliphatic hydroxyl groups is 1. The number of halogens is 1. The Morgan fingerprint density at radius 2 is 2.37 bits per heavy atom. The molecule has 1 aliphatic rings. The Morgan fingerprint density at radius 3 is 3.05 bits per heavy atom. The van der Waals surface area contributed by atoms with E-state index in [0.717, 1.165) is 19.3 Å². The van der Waals surface area contributed by atoms with E-state index in [1.807, 2.05) is 6.07 Å². The van der Waals surface area contributed by atoms with E-state index < -0.39 is 5.60 Å². The molecule has 1 aromatic rings. The van der Waals surface area contributed by atoms with Gasteiger partial charge in [0.2, 0.25) is 0 Å². The molecular weight excluding hydrogens is 260 g/mol. The minimum atomic E-state index is -0.674. The Morgan fingerprint density at radius 1 is 1.58 bits per heavy atom. The molecule has 0 bridgehead atoms. The molecule has 19 heavy (non-hydrogen) atoms. The maximum Gasteiger partial charge on any atom is 0.103 e. The SMILES string of the molecule is CC1CCCC(O)(CNc2cccc(Cl)c2C#N)C1. The maximum absolute atomic E-state index is 10.6. The summed E-state index contributed by atoms with van der Waals surface area (Å²) in [4.78, 5) is 0. The first-order valence-electron chi connectivity index (χ1n) is 6.69. The second-order valence-electron chi connectivity index (χ2n) is 5.55. The second kappa shape index (κ2) is 5.81. The molecule has 0 aliphatic heterocycles. The molecule has 2 rings (SSSR count). The summed E-state index contributed by atoms with van der Waals surface area (Å²) in [6, 6.07) is 7.42. The predicted molar refractivity (Wildman–Crippen MR) is 77.2 cm³/mol. The van der Waals surface area contributed by atoms with Crippen molar-refractivity contribution in [2.75, 3.05) is 11.9 Å². The van der Waals surface area contributed by atoms with Crippen molar-refractivity contribution in [3.8, 4) is 6.07 Å². The molecule has 0 heterocycles. The molecule has 4 heteroatoms. The fraction of sp³-hybridized carbons (Fsp3) is 0.533. The van der Waals surface area contributed by atoms with Gasteiger partial charge in [-0.3, -0.25) is 0 Å². The highest BCUT2D eigenvalue weighted by Crippen LogP contribution is 2.33. The van der Waals surface area contributed by atoms with Crippen LogP contribution < -0.4 is 5.32 Å². The highest BCUT2D eigenvalue weighted by molar-refractivity contribution is 6.32.